The molecule has 2 heterocycles. The number of nitrogens with zero attached hydrogens (tertiary/aromatic N) is 3. The molecule has 8 nitrogen and oxygen atoms in total. The summed E-state index contributed by atoms with van der Waals surface area (Å²) in [7, 11) is -3.54. The van der Waals surface area contributed by atoms with Crippen LogP contribution in [0.3, 0.4) is 0 Å². The SMILES string of the molecule is Cc1ccc(OC2CCN(C(C)C)CC2)c2nc(Nc3ccc(S(=O)(=O)NC(C)C)cc3)ncc12. The highest BCUT2D eigenvalue weighted by Crippen LogP contribution is 2.30. The van der Waals surface area contributed by atoms with Gasteiger partial charge in [0.1, 0.15) is 17.4 Å². The summed E-state index contributed by atoms with van der Waals surface area (Å²) in [6.45, 7) is 12.1. The predicted molar refractivity (Wildman–Crippen MR) is 140 cm³/mol. The molecule has 4 rings (SSSR count). The highest BCUT2D eigenvalue weighted by atomic mass is 32.2. The molecule has 1 aliphatic heterocycles. The van der Waals surface area contributed by atoms with Crippen LogP contribution >= 0.6 is 0 Å². The van der Waals surface area contributed by atoms with E-state index in [0.717, 1.165) is 48.1 Å². The monoisotopic (exact) mass is 497 g/mol. The molecule has 9 heteroatoms. The maximum Gasteiger partial charge on any atom is 0.240 e. The molecule has 0 aliphatic carbocycles. The number of fused-ring (bicyclic) bond motifs is 1. The van der Waals surface area contributed by atoms with Gasteiger partial charge in [-0.05, 0) is 83.4 Å². The van der Waals surface area contributed by atoms with E-state index in [1.807, 2.05) is 19.1 Å². The number of hydrogen-bond donors (Lipinski definition) is 2. The number of ether oxygens (including phenoxy) is 1. The first-order valence-electron chi connectivity index (χ1n) is 12.2. The van der Waals surface area contributed by atoms with Gasteiger partial charge in [-0.25, -0.2) is 23.1 Å². The zero-order valence-corrected chi connectivity index (χ0v) is 21.9. The van der Waals surface area contributed by atoms with Crippen molar-refractivity contribution in [1.29, 1.82) is 0 Å². The minimum Gasteiger partial charge on any atom is -0.488 e. The van der Waals surface area contributed by atoms with Gasteiger partial charge >= 0.3 is 0 Å². The van der Waals surface area contributed by atoms with Gasteiger partial charge in [-0.3, -0.25) is 0 Å². The maximum absolute atomic E-state index is 12.4. The molecule has 3 aromatic rings. The Morgan fingerprint density at radius 2 is 1.71 bits per heavy atom. The standard InChI is InChI=1S/C26H35N5O3S/c1-17(2)30-35(32,33)22-9-7-20(8-10-22)28-26-27-16-23-19(5)6-11-24(25(23)29-26)34-21-12-14-31(15-13-21)18(3)4/h6-11,16-18,21,30H,12-15H2,1-5H3,(H,27,28,29). The van der Waals surface area contributed by atoms with Crippen LogP contribution in [0.2, 0.25) is 0 Å². The first kappa shape index (κ1) is 25.3. The Labute approximate surface area is 208 Å². The Kier molecular flexibility index (Phi) is 7.59. The number of anilines is 2. The fourth-order valence-corrected chi connectivity index (χ4v) is 5.55. The Bertz CT molecular complexity index is 1270. The van der Waals surface area contributed by atoms with Crippen molar-refractivity contribution >= 4 is 32.6 Å². The highest BCUT2D eigenvalue weighted by molar-refractivity contribution is 7.89. The second-order valence-electron chi connectivity index (χ2n) is 9.71. The van der Waals surface area contributed by atoms with Gasteiger partial charge in [-0.15, -0.1) is 0 Å². The van der Waals surface area contributed by atoms with Crippen molar-refractivity contribution in [2.24, 2.45) is 0 Å². The van der Waals surface area contributed by atoms with Gasteiger partial charge in [0.05, 0.1) is 4.90 Å². The summed E-state index contributed by atoms with van der Waals surface area (Å²) in [5.74, 6) is 1.19. The fourth-order valence-electron chi connectivity index (χ4n) is 4.30. The first-order valence-corrected chi connectivity index (χ1v) is 13.7. The predicted octanol–water partition coefficient (Wildman–Crippen LogP) is 4.62. The molecule has 1 saturated heterocycles. The summed E-state index contributed by atoms with van der Waals surface area (Å²) in [6, 6.07) is 11.0. The van der Waals surface area contributed by atoms with Crippen LogP contribution in [0.25, 0.3) is 10.9 Å². The Morgan fingerprint density at radius 1 is 1.03 bits per heavy atom. The number of likely N-dealkylation sites (tertiary alicyclic amines) is 1. The van der Waals surface area contributed by atoms with Crippen molar-refractivity contribution in [3.8, 4) is 5.75 Å². The van der Waals surface area contributed by atoms with Gasteiger partial charge in [-0.1, -0.05) is 6.07 Å². The van der Waals surface area contributed by atoms with Crippen LogP contribution in [0.1, 0.15) is 46.1 Å². The summed E-state index contributed by atoms with van der Waals surface area (Å²) in [4.78, 5) is 11.9. The third-order valence-corrected chi connectivity index (χ3v) is 7.92. The number of sulfonamides is 1. The van der Waals surface area contributed by atoms with Crippen LogP contribution < -0.4 is 14.8 Å². The molecule has 0 amide bonds. The molecule has 0 bridgehead atoms. The number of hydrogen-bond acceptors (Lipinski definition) is 7. The molecule has 0 atom stereocenters. The van der Waals surface area contributed by atoms with Crippen LogP contribution in [0.4, 0.5) is 11.6 Å². The van der Waals surface area contributed by atoms with Gasteiger partial charge in [0, 0.05) is 42.4 Å². The van der Waals surface area contributed by atoms with E-state index in [9.17, 15) is 8.42 Å². The average Bonchev–Trinajstić information content (AvgIpc) is 2.81. The normalized spacial score (nSPS) is 15.7. The minimum absolute atomic E-state index is 0.163. The van der Waals surface area contributed by atoms with Crippen molar-refractivity contribution in [3.63, 3.8) is 0 Å². The summed E-state index contributed by atoms with van der Waals surface area (Å²) in [5.41, 5.74) is 2.55. The molecule has 188 valence electrons. The summed E-state index contributed by atoms with van der Waals surface area (Å²) >= 11 is 0. The van der Waals surface area contributed by atoms with Crippen LogP contribution in [0.5, 0.6) is 5.75 Å². The number of aromatic nitrogens is 2. The van der Waals surface area contributed by atoms with E-state index in [-0.39, 0.29) is 17.0 Å². The third kappa shape index (κ3) is 6.09. The Balaban J connectivity index is 1.53. The van der Waals surface area contributed by atoms with Gasteiger partial charge in [0.15, 0.2) is 0 Å². The van der Waals surface area contributed by atoms with Crippen molar-refractivity contribution < 1.29 is 13.2 Å². The number of benzene rings is 2. The first-order chi connectivity index (χ1) is 16.6. The van der Waals surface area contributed by atoms with E-state index in [0.29, 0.717) is 17.7 Å². The lowest BCUT2D eigenvalue weighted by Crippen LogP contribution is -2.41. The summed E-state index contributed by atoms with van der Waals surface area (Å²) in [6.07, 6.45) is 3.95. The van der Waals surface area contributed by atoms with Crippen LogP contribution in [-0.4, -0.2) is 54.6 Å². The van der Waals surface area contributed by atoms with Gasteiger partial charge < -0.3 is 15.0 Å². The molecule has 0 spiro atoms. The van der Waals surface area contributed by atoms with E-state index in [4.69, 9.17) is 9.72 Å². The number of rotatable bonds is 8. The lowest BCUT2D eigenvalue weighted by molar-refractivity contribution is 0.0852. The van der Waals surface area contributed by atoms with Crippen molar-refractivity contribution in [1.82, 2.24) is 19.6 Å². The molecule has 1 fully saturated rings. The highest BCUT2D eigenvalue weighted by Gasteiger charge is 2.23. The number of aryl methyl sites for hydroxylation is 1. The molecule has 0 unspecified atom stereocenters. The molecule has 1 aromatic heterocycles. The van der Waals surface area contributed by atoms with E-state index in [1.165, 1.54) is 0 Å². The van der Waals surface area contributed by atoms with E-state index < -0.39 is 10.0 Å². The van der Waals surface area contributed by atoms with Gasteiger partial charge in [0.2, 0.25) is 16.0 Å². The molecular formula is C26H35N5O3S. The molecule has 1 aliphatic rings. The molecule has 0 saturated carbocycles. The fraction of sp³-hybridized carbons (Fsp3) is 0.462. The molecule has 2 aromatic carbocycles. The van der Waals surface area contributed by atoms with E-state index in [2.05, 4.69) is 33.8 Å². The maximum atomic E-state index is 12.4. The quantitative estimate of drug-likeness (QED) is 0.469. The van der Waals surface area contributed by atoms with Gasteiger partial charge in [-0.2, -0.15) is 0 Å². The largest absolute Gasteiger partial charge is 0.488 e. The van der Waals surface area contributed by atoms with Crippen molar-refractivity contribution in [2.45, 2.75) is 70.5 Å². The number of nitrogens with one attached hydrogen (secondary N) is 2. The lowest BCUT2D eigenvalue weighted by Gasteiger charge is -2.34. The average molecular weight is 498 g/mol. The van der Waals surface area contributed by atoms with Crippen LogP contribution in [0.15, 0.2) is 47.5 Å². The smallest absolute Gasteiger partial charge is 0.240 e. The zero-order chi connectivity index (χ0) is 25.2. The lowest BCUT2D eigenvalue weighted by atomic mass is 10.1. The molecule has 0 radical (unpaired) electrons. The van der Waals surface area contributed by atoms with E-state index in [1.54, 1.807) is 44.3 Å². The topological polar surface area (TPSA) is 96.5 Å². The van der Waals surface area contributed by atoms with Crippen molar-refractivity contribution in [3.05, 3.63) is 48.2 Å². The van der Waals surface area contributed by atoms with Gasteiger partial charge in [0.25, 0.3) is 0 Å². The molecular weight excluding hydrogens is 462 g/mol. The molecule has 35 heavy (non-hydrogen) atoms. The number of piperidine rings is 1. The zero-order valence-electron chi connectivity index (χ0n) is 21.1. The summed E-state index contributed by atoms with van der Waals surface area (Å²) < 4.78 is 33.8. The Hall–Kier alpha value is -2.75. The van der Waals surface area contributed by atoms with E-state index >= 15 is 0 Å². The second kappa shape index (κ2) is 10.5. The second-order valence-corrected chi connectivity index (χ2v) is 11.4. The minimum atomic E-state index is -3.54. The Morgan fingerprint density at radius 3 is 2.34 bits per heavy atom. The van der Waals surface area contributed by atoms with Crippen LogP contribution in [0, 0.1) is 6.92 Å². The third-order valence-electron chi connectivity index (χ3n) is 6.24. The van der Waals surface area contributed by atoms with Crippen molar-refractivity contribution in [2.75, 3.05) is 18.4 Å². The molecule has 2 N–H and O–H groups in total. The van der Waals surface area contributed by atoms with Crippen LogP contribution in [-0.2, 0) is 10.0 Å². The summed E-state index contributed by atoms with van der Waals surface area (Å²) in [5, 5.41) is 4.14.